The molecule has 100 valence electrons. The summed E-state index contributed by atoms with van der Waals surface area (Å²) in [5.41, 5.74) is 3.44. The normalized spacial score (nSPS) is 10.2. The van der Waals surface area contributed by atoms with E-state index in [9.17, 15) is 10.1 Å². The summed E-state index contributed by atoms with van der Waals surface area (Å²) in [4.78, 5) is 14.1. The zero-order valence-corrected chi connectivity index (χ0v) is 10.7. The van der Waals surface area contributed by atoms with Crippen molar-refractivity contribution in [1.82, 2.24) is 14.6 Å². The standard InChI is InChI=1S/C9H10N6O3S/c1-5-2-3-7(8(11-5)15(16)17)18-4-6-9(12-10)19-14-13-6/h2-3,12H,4,10H2,1H3. The third kappa shape index (κ3) is 2.92. The SMILES string of the molecule is Cc1ccc(OCc2nnsc2NN)c([N+](=O)[O-])n1. The number of nitrogens with zero attached hydrogens (tertiary/aromatic N) is 4. The lowest BCUT2D eigenvalue weighted by atomic mass is 10.3. The van der Waals surface area contributed by atoms with Gasteiger partial charge >= 0.3 is 5.82 Å². The minimum atomic E-state index is -0.594. The van der Waals surface area contributed by atoms with Crippen molar-refractivity contribution < 1.29 is 9.66 Å². The maximum Gasteiger partial charge on any atom is 0.406 e. The third-order valence-electron chi connectivity index (χ3n) is 2.20. The Bertz CT molecular complexity index is 601. The highest BCUT2D eigenvalue weighted by molar-refractivity contribution is 7.10. The molecule has 2 aromatic heterocycles. The summed E-state index contributed by atoms with van der Waals surface area (Å²) >= 11 is 1.07. The molecular formula is C9H10N6O3S. The molecule has 2 aromatic rings. The molecule has 0 aliphatic rings. The molecule has 0 aliphatic carbocycles. The molecule has 0 saturated carbocycles. The van der Waals surface area contributed by atoms with Crippen LogP contribution in [-0.4, -0.2) is 19.5 Å². The van der Waals surface area contributed by atoms with Gasteiger partial charge in [0.2, 0.25) is 5.75 Å². The number of pyridine rings is 1. The Labute approximate surface area is 111 Å². The summed E-state index contributed by atoms with van der Waals surface area (Å²) < 4.78 is 9.04. The highest BCUT2D eigenvalue weighted by atomic mass is 32.1. The number of rotatable bonds is 5. The first-order valence-corrected chi connectivity index (χ1v) is 5.92. The summed E-state index contributed by atoms with van der Waals surface area (Å²) in [6, 6.07) is 3.12. The monoisotopic (exact) mass is 282 g/mol. The van der Waals surface area contributed by atoms with Crippen LogP contribution >= 0.6 is 11.5 Å². The second-order valence-corrected chi connectivity index (χ2v) is 4.27. The van der Waals surface area contributed by atoms with Gasteiger partial charge in [-0.1, -0.05) is 4.49 Å². The first-order chi connectivity index (χ1) is 9.11. The molecule has 3 N–H and O–H groups in total. The number of nitrogens with two attached hydrogens (primary N) is 1. The first kappa shape index (κ1) is 13.1. The minimum Gasteiger partial charge on any atom is -0.479 e. The van der Waals surface area contributed by atoms with Gasteiger partial charge in [-0.25, -0.2) is 5.84 Å². The van der Waals surface area contributed by atoms with E-state index in [0.717, 1.165) is 11.5 Å². The molecule has 9 nitrogen and oxygen atoms in total. The fourth-order valence-corrected chi connectivity index (χ4v) is 1.81. The predicted molar refractivity (Wildman–Crippen MR) is 67.7 cm³/mol. The number of nitrogen functional groups attached to an aromatic ring is 1. The van der Waals surface area contributed by atoms with Gasteiger partial charge in [0.25, 0.3) is 0 Å². The van der Waals surface area contributed by atoms with Gasteiger partial charge in [-0.15, -0.1) is 5.10 Å². The molecule has 0 fully saturated rings. The van der Waals surface area contributed by atoms with Crippen molar-refractivity contribution in [2.24, 2.45) is 5.84 Å². The van der Waals surface area contributed by atoms with Gasteiger partial charge in [-0.3, -0.25) is 0 Å². The quantitative estimate of drug-likeness (QED) is 0.472. The lowest BCUT2D eigenvalue weighted by molar-refractivity contribution is -0.390. The molecular weight excluding hydrogens is 272 g/mol. The molecule has 0 amide bonds. The van der Waals surface area contributed by atoms with E-state index in [4.69, 9.17) is 10.6 Å². The summed E-state index contributed by atoms with van der Waals surface area (Å²) in [6.45, 7) is 1.68. The summed E-state index contributed by atoms with van der Waals surface area (Å²) in [7, 11) is 0. The molecule has 10 heteroatoms. The second kappa shape index (κ2) is 5.54. The van der Waals surface area contributed by atoms with Crippen molar-refractivity contribution in [1.29, 1.82) is 0 Å². The maximum atomic E-state index is 10.9. The number of hydrogen-bond acceptors (Lipinski definition) is 9. The van der Waals surface area contributed by atoms with Crippen molar-refractivity contribution in [2.45, 2.75) is 13.5 Å². The Morgan fingerprint density at radius 1 is 1.58 bits per heavy atom. The van der Waals surface area contributed by atoms with Crippen molar-refractivity contribution >= 4 is 22.4 Å². The van der Waals surface area contributed by atoms with Crippen molar-refractivity contribution in [3.05, 3.63) is 33.6 Å². The molecule has 0 unspecified atom stereocenters. The van der Waals surface area contributed by atoms with Gasteiger partial charge in [-0.05, 0) is 22.0 Å². The number of nitrogens with one attached hydrogen (secondary N) is 1. The number of aryl methyl sites for hydroxylation is 1. The van der Waals surface area contributed by atoms with E-state index in [0.29, 0.717) is 16.4 Å². The zero-order chi connectivity index (χ0) is 13.8. The van der Waals surface area contributed by atoms with Crippen LogP contribution in [0.1, 0.15) is 11.4 Å². The van der Waals surface area contributed by atoms with Gasteiger partial charge in [0, 0.05) is 18.5 Å². The predicted octanol–water partition coefficient (Wildman–Crippen LogP) is 1.01. The van der Waals surface area contributed by atoms with E-state index >= 15 is 0 Å². The Balaban J connectivity index is 2.18. The van der Waals surface area contributed by atoms with Gasteiger partial charge in [-0.2, -0.15) is 0 Å². The number of nitro groups is 1. The van der Waals surface area contributed by atoms with Crippen molar-refractivity contribution in [3.8, 4) is 5.75 Å². The van der Waals surface area contributed by atoms with Crippen LogP contribution in [0, 0.1) is 17.0 Å². The number of ether oxygens (including phenoxy) is 1. The lowest BCUT2D eigenvalue weighted by Gasteiger charge is -2.05. The maximum absolute atomic E-state index is 10.9. The van der Waals surface area contributed by atoms with E-state index < -0.39 is 4.92 Å². The molecule has 2 rings (SSSR count). The minimum absolute atomic E-state index is 0.0155. The van der Waals surface area contributed by atoms with Crippen molar-refractivity contribution in [3.63, 3.8) is 0 Å². The zero-order valence-electron chi connectivity index (χ0n) is 9.86. The van der Waals surface area contributed by atoms with Crippen LogP contribution in [0.5, 0.6) is 5.75 Å². The van der Waals surface area contributed by atoms with Crippen LogP contribution in [0.4, 0.5) is 10.8 Å². The van der Waals surface area contributed by atoms with Crippen LogP contribution in [0.2, 0.25) is 0 Å². The van der Waals surface area contributed by atoms with Crippen LogP contribution in [-0.2, 0) is 6.61 Å². The fourth-order valence-electron chi connectivity index (χ4n) is 1.33. The van der Waals surface area contributed by atoms with Crippen LogP contribution in [0.25, 0.3) is 0 Å². The third-order valence-corrected chi connectivity index (χ3v) is 2.90. The van der Waals surface area contributed by atoms with E-state index in [1.54, 1.807) is 13.0 Å². The van der Waals surface area contributed by atoms with E-state index in [1.165, 1.54) is 6.07 Å². The molecule has 0 radical (unpaired) electrons. The van der Waals surface area contributed by atoms with E-state index in [2.05, 4.69) is 20.0 Å². The number of hydrazine groups is 1. The lowest BCUT2D eigenvalue weighted by Crippen LogP contribution is -2.09. The Morgan fingerprint density at radius 3 is 3.05 bits per heavy atom. The molecule has 0 aliphatic heterocycles. The number of hydrogen-bond donors (Lipinski definition) is 2. The Morgan fingerprint density at radius 2 is 2.37 bits per heavy atom. The molecule has 0 bridgehead atoms. The summed E-state index contributed by atoms with van der Waals surface area (Å²) in [5.74, 6) is 5.01. The second-order valence-electron chi connectivity index (χ2n) is 3.51. The largest absolute Gasteiger partial charge is 0.479 e. The Hall–Kier alpha value is -2.33. The average molecular weight is 282 g/mol. The van der Waals surface area contributed by atoms with Gasteiger partial charge in [0.15, 0.2) is 5.00 Å². The van der Waals surface area contributed by atoms with Crippen LogP contribution in [0.15, 0.2) is 12.1 Å². The number of anilines is 1. The smallest absolute Gasteiger partial charge is 0.406 e. The van der Waals surface area contributed by atoms with Crippen LogP contribution in [0.3, 0.4) is 0 Å². The molecule has 19 heavy (non-hydrogen) atoms. The first-order valence-electron chi connectivity index (χ1n) is 5.14. The fraction of sp³-hybridized carbons (Fsp3) is 0.222. The van der Waals surface area contributed by atoms with Crippen LogP contribution < -0.4 is 16.0 Å². The van der Waals surface area contributed by atoms with E-state index in [1.807, 2.05) is 0 Å². The van der Waals surface area contributed by atoms with Crippen molar-refractivity contribution in [2.75, 3.05) is 5.43 Å². The molecule has 0 aromatic carbocycles. The average Bonchev–Trinajstić information content (AvgIpc) is 2.84. The molecule has 0 saturated heterocycles. The topological polar surface area (TPSA) is 129 Å². The summed E-state index contributed by atoms with van der Waals surface area (Å²) in [5, 5.41) is 15.2. The molecule has 0 atom stereocenters. The summed E-state index contributed by atoms with van der Waals surface area (Å²) in [6.07, 6.45) is 0. The highest BCUT2D eigenvalue weighted by Crippen LogP contribution is 2.26. The number of aromatic nitrogens is 3. The molecule has 0 spiro atoms. The van der Waals surface area contributed by atoms with Gasteiger partial charge < -0.3 is 20.3 Å². The highest BCUT2D eigenvalue weighted by Gasteiger charge is 2.18. The molecule has 2 heterocycles. The van der Waals surface area contributed by atoms with Gasteiger partial charge in [0.05, 0.1) is 0 Å². The van der Waals surface area contributed by atoms with E-state index in [-0.39, 0.29) is 18.2 Å². The van der Waals surface area contributed by atoms with Gasteiger partial charge in [0.1, 0.15) is 18.0 Å². The Kier molecular flexibility index (Phi) is 3.82.